The van der Waals surface area contributed by atoms with Crippen molar-refractivity contribution in [3.63, 3.8) is 0 Å². The highest BCUT2D eigenvalue weighted by Gasteiger charge is 2.39. The smallest absolute Gasteiger partial charge is 0.211 e. The van der Waals surface area contributed by atoms with Gasteiger partial charge in [0.05, 0.1) is 24.3 Å². The molecule has 254 valence electrons. The number of sulfonamides is 4. The molecule has 0 saturated heterocycles. The molecule has 0 saturated carbocycles. The van der Waals surface area contributed by atoms with E-state index in [2.05, 4.69) is 18.9 Å². The van der Waals surface area contributed by atoms with E-state index in [-0.39, 0.29) is 90.4 Å². The number of benzene rings is 1. The van der Waals surface area contributed by atoms with Gasteiger partial charge in [-0.2, -0.15) is 21.0 Å². The van der Waals surface area contributed by atoms with E-state index in [0.717, 1.165) is 0 Å². The summed E-state index contributed by atoms with van der Waals surface area (Å²) in [5.41, 5.74) is 0. The summed E-state index contributed by atoms with van der Waals surface area (Å²) in [5, 5.41) is 35.0. The minimum Gasteiger partial charge on any atom is -0.211 e. The molecular weight excluding hydrogens is 681 g/mol. The Morgan fingerprint density at radius 3 is 0.891 bits per heavy atom. The third kappa shape index (κ3) is 13.3. The molecule has 4 N–H and O–H groups in total. The molecule has 0 fully saturated rings. The summed E-state index contributed by atoms with van der Waals surface area (Å²) in [6.07, 6.45) is 2.31. The summed E-state index contributed by atoms with van der Waals surface area (Å²) >= 11 is 0. The third-order valence-corrected chi connectivity index (χ3v) is 12.7. The van der Waals surface area contributed by atoms with Gasteiger partial charge in [0.15, 0.2) is 0 Å². The van der Waals surface area contributed by atoms with Crippen molar-refractivity contribution in [3.05, 3.63) is 12.1 Å². The fraction of sp³-hybridized carbons (Fsp3) is 0.615. The molecular formula is C26H38N8O8S4. The first-order chi connectivity index (χ1) is 21.7. The van der Waals surface area contributed by atoms with Gasteiger partial charge in [-0.15, -0.1) is 0 Å². The standard InChI is InChI=1S/C26H38N8O8S4/c27-15-5-1-9-19-31-43(35,36)23-13-14-24(44(37,38)32-20-10-2-6-16-28)26(46(41,42)34-22-12-4-8-18-30)25(23)45(39,40)33-21-11-3-7-17-29/h13-14,31-34H,1-12,19-22H2. The summed E-state index contributed by atoms with van der Waals surface area (Å²) in [6, 6.07) is 8.98. The van der Waals surface area contributed by atoms with E-state index in [9.17, 15) is 33.7 Å². The highest BCUT2D eigenvalue weighted by atomic mass is 32.2. The lowest BCUT2D eigenvalue weighted by Crippen LogP contribution is -2.36. The zero-order valence-electron chi connectivity index (χ0n) is 25.2. The first kappa shape index (κ1) is 40.8. The van der Waals surface area contributed by atoms with Gasteiger partial charge in [0.1, 0.15) is 19.6 Å². The van der Waals surface area contributed by atoms with Crippen molar-refractivity contribution in [1.29, 1.82) is 21.0 Å². The minimum absolute atomic E-state index is 0.0974. The number of nitrogens with zero attached hydrogens (tertiary/aromatic N) is 4. The van der Waals surface area contributed by atoms with Crippen molar-refractivity contribution >= 4 is 40.1 Å². The van der Waals surface area contributed by atoms with Crippen LogP contribution in [-0.2, 0) is 40.1 Å². The predicted molar refractivity (Wildman–Crippen MR) is 165 cm³/mol. The molecule has 0 unspecified atom stereocenters. The lowest BCUT2D eigenvalue weighted by Gasteiger charge is -2.20. The SMILES string of the molecule is N#CCCCCNS(=O)(=O)c1ccc(S(=O)(=O)NCCCCC#N)c(S(=O)(=O)NCCCCC#N)c1S(=O)(=O)NCCCCC#N. The van der Waals surface area contributed by atoms with Crippen LogP contribution in [0, 0.1) is 45.3 Å². The molecule has 0 radical (unpaired) electrons. The van der Waals surface area contributed by atoms with Crippen molar-refractivity contribution in [2.75, 3.05) is 26.2 Å². The van der Waals surface area contributed by atoms with Crippen LogP contribution < -0.4 is 18.9 Å². The average molecular weight is 719 g/mol. The molecule has 0 amide bonds. The van der Waals surface area contributed by atoms with E-state index >= 15 is 0 Å². The summed E-state index contributed by atoms with van der Waals surface area (Å²) in [7, 11) is -19.7. The highest BCUT2D eigenvalue weighted by molar-refractivity contribution is 7.95. The first-order valence-electron chi connectivity index (χ1n) is 14.3. The topological polar surface area (TPSA) is 280 Å². The maximum Gasteiger partial charge on any atom is 0.243 e. The van der Waals surface area contributed by atoms with Crippen LogP contribution in [0.3, 0.4) is 0 Å². The first-order valence-corrected chi connectivity index (χ1v) is 20.3. The Hall–Kier alpha value is -3.18. The van der Waals surface area contributed by atoms with E-state index < -0.39 is 59.7 Å². The van der Waals surface area contributed by atoms with Gasteiger partial charge < -0.3 is 0 Å². The molecule has 0 aromatic heterocycles. The van der Waals surface area contributed by atoms with Gasteiger partial charge in [0, 0.05) is 51.9 Å². The zero-order chi connectivity index (χ0) is 34.7. The van der Waals surface area contributed by atoms with E-state index in [1.165, 1.54) is 0 Å². The number of hydrogen-bond donors (Lipinski definition) is 4. The average Bonchev–Trinajstić information content (AvgIpc) is 2.99. The van der Waals surface area contributed by atoms with Crippen LogP contribution in [0.2, 0.25) is 0 Å². The Morgan fingerprint density at radius 1 is 0.413 bits per heavy atom. The van der Waals surface area contributed by atoms with Crippen LogP contribution in [0.25, 0.3) is 0 Å². The van der Waals surface area contributed by atoms with Gasteiger partial charge in [-0.3, -0.25) is 0 Å². The Morgan fingerprint density at radius 2 is 0.652 bits per heavy atom. The molecule has 0 spiro atoms. The Kier molecular flexibility index (Phi) is 17.9. The van der Waals surface area contributed by atoms with E-state index in [4.69, 9.17) is 21.0 Å². The van der Waals surface area contributed by atoms with E-state index in [1.54, 1.807) is 0 Å². The Bertz CT molecular complexity index is 1640. The Balaban J connectivity index is 3.93. The monoisotopic (exact) mass is 718 g/mol. The molecule has 20 heteroatoms. The van der Waals surface area contributed by atoms with E-state index in [0.29, 0.717) is 25.0 Å². The number of hydrogen-bond acceptors (Lipinski definition) is 12. The van der Waals surface area contributed by atoms with Crippen molar-refractivity contribution < 1.29 is 33.7 Å². The molecule has 0 heterocycles. The summed E-state index contributed by atoms with van der Waals surface area (Å²) in [6.45, 7) is -1.09. The zero-order valence-corrected chi connectivity index (χ0v) is 28.4. The van der Waals surface area contributed by atoms with Crippen LogP contribution in [0.4, 0.5) is 0 Å². The molecule has 0 aliphatic carbocycles. The van der Waals surface area contributed by atoms with E-state index in [1.807, 2.05) is 24.3 Å². The van der Waals surface area contributed by atoms with Gasteiger partial charge in [-0.25, -0.2) is 52.6 Å². The van der Waals surface area contributed by atoms with Crippen molar-refractivity contribution in [3.8, 4) is 24.3 Å². The molecule has 0 aliphatic rings. The highest BCUT2D eigenvalue weighted by Crippen LogP contribution is 2.34. The van der Waals surface area contributed by atoms with Gasteiger partial charge in [0.2, 0.25) is 40.1 Å². The molecule has 1 rings (SSSR count). The van der Waals surface area contributed by atoms with Crippen LogP contribution in [-0.4, -0.2) is 59.9 Å². The number of nitrogens with one attached hydrogen (secondary N) is 4. The molecule has 1 aromatic rings. The maximum absolute atomic E-state index is 13.8. The molecule has 16 nitrogen and oxygen atoms in total. The predicted octanol–water partition coefficient (Wildman–Crippen LogP) is 1.58. The maximum atomic E-state index is 13.8. The molecule has 0 atom stereocenters. The largest absolute Gasteiger partial charge is 0.243 e. The molecule has 0 aliphatic heterocycles. The van der Waals surface area contributed by atoms with Crippen molar-refractivity contribution in [2.45, 2.75) is 96.6 Å². The van der Waals surface area contributed by atoms with Gasteiger partial charge in [-0.1, -0.05) is 0 Å². The van der Waals surface area contributed by atoms with Crippen LogP contribution in [0.1, 0.15) is 77.0 Å². The van der Waals surface area contributed by atoms with Crippen LogP contribution >= 0.6 is 0 Å². The van der Waals surface area contributed by atoms with Crippen LogP contribution in [0.15, 0.2) is 31.7 Å². The second kappa shape index (κ2) is 20.1. The van der Waals surface area contributed by atoms with Crippen LogP contribution in [0.5, 0.6) is 0 Å². The van der Waals surface area contributed by atoms with Gasteiger partial charge in [0.25, 0.3) is 0 Å². The number of rotatable bonds is 24. The lowest BCUT2D eigenvalue weighted by molar-refractivity contribution is 0.544. The normalized spacial score (nSPS) is 12.1. The van der Waals surface area contributed by atoms with Crippen molar-refractivity contribution in [2.24, 2.45) is 0 Å². The summed E-state index contributed by atoms with van der Waals surface area (Å²) < 4.78 is 117. The lowest BCUT2D eigenvalue weighted by atomic mass is 10.2. The molecule has 0 bridgehead atoms. The molecule has 46 heavy (non-hydrogen) atoms. The summed E-state index contributed by atoms with van der Waals surface area (Å²) in [5.74, 6) is 0. The summed E-state index contributed by atoms with van der Waals surface area (Å²) in [4.78, 5) is -4.66. The fourth-order valence-electron chi connectivity index (χ4n) is 3.90. The quantitative estimate of drug-likeness (QED) is 0.111. The number of nitriles is 4. The minimum atomic E-state index is -5.05. The van der Waals surface area contributed by atoms with Gasteiger partial charge >= 0.3 is 0 Å². The second-order valence-corrected chi connectivity index (χ2v) is 16.7. The second-order valence-electron chi connectivity index (χ2n) is 9.77. The molecule has 1 aromatic carbocycles. The van der Waals surface area contributed by atoms with Gasteiger partial charge in [-0.05, 0) is 63.5 Å². The Labute approximate surface area is 272 Å². The number of unbranched alkanes of at least 4 members (excludes halogenated alkanes) is 8. The van der Waals surface area contributed by atoms with Crippen molar-refractivity contribution in [1.82, 2.24) is 18.9 Å². The third-order valence-electron chi connectivity index (χ3n) is 6.19. The fourth-order valence-corrected chi connectivity index (χ4v) is 10.8.